The van der Waals surface area contributed by atoms with Crippen LogP contribution in [0.2, 0.25) is 0 Å². The zero-order valence-electron chi connectivity index (χ0n) is 14.0. The minimum Gasteiger partial charge on any atom is -0.480 e. The van der Waals surface area contributed by atoms with Crippen molar-refractivity contribution in [2.45, 2.75) is 31.0 Å². The third-order valence-electron chi connectivity index (χ3n) is 5.30. The van der Waals surface area contributed by atoms with E-state index in [-0.39, 0.29) is 13.1 Å². The number of piperidine rings is 1. The number of carbonyl (C=O) groups is 1. The number of rotatable bonds is 2. The van der Waals surface area contributed by atoms with E-state index in [1.54, 1.807) is 18.5 Å². The molecule has 1 aromatic heterocycles. The van der Waals surface area contributed by atoms with Gasteiger partial charge in [-0.1, -0.05) is 0 Å². The quantitative estimate of drug-likeness (QED) is 0.874. The molecular weight excluding hydrogens is 347 g/mol. The maximum Gasteiger partial charge on any atom is 0.401 e. The zero-order chi connectivity index (χ0) is 18.5. The van der Waals surface area contributed by atoms with Crippen molar-refractivity contribution >= 4 is 11.5 Å². The Morgan fingerprint density at radius 1 is 1.35 bits per heavy atom. The van der Waals surface area contributed by atoms with Crippen molar-refractivity contribution in [2.75, 3.05) is 19.6 Å². The standard InChI is InChI=1S/C18H18F3N3O2/c19-18(20,21)10-24-5-2-17(3-6-24)14-8-11(16(22)25)7-13(14)12-1-4-23-9-15(12)26-17/h1,4,8-9H,2-3,5-7,10H2,(H2,22,25). The SMILES string of the molecule is NC(=O)C1=CC2=C(C1)c1ccncc1OC21CCN(CC(F)(F)F)CC1. The summed E-state index contributed by atoms with van der Waals surface area (Å²) in [6, 6.07) is 1.83. The molecule has 0 saturated carbocycles. The van der Waals surface area contributed by atoms with Crippen LogP contribution in [0.15, 0.2) is 35.7 Å². The lowest BCUT2D eigenvalue weighted by Gasteiger charge is -2.45. The fourth-order valence-electron chi connectivity index (χ4n) is 4.08. The topological polar surface area (TPSA) is 68.5 Å². The first-order valence-corrected chi connectivity index (χ1v) is 8.44. The van der Waals surface area contributed by atoms with Crippen molar-refractivity contribution in [3.05, 3.63) is 41.2 Å². The van der Waals surface area contributed by atoms with Crippen molar-refractivity contribution in [2.24, 2.45) is 5.73 Å². The number of nitrogens with two attached hydrogens (primary N) is 1. The summed E-state index contributed by atoms with van der Waals surface area (Å²) in [6.45, 7) is -0.382. The van der Waals surface area contributed by atoms with Gasteiger partial charge in [-0.05, 0) is 17.7 Å². The highest BCUT2D eigenvalue weighted by Crippen LogP contribution is 2.50. The Balaban J connectivity index is 1.67. The number of pyridine rings is 1. The van der Waals surface area contributed by atoms with Crippen LogP contribution in [0.25, 0.3) is 5.57 Å². The molecule has 1 fully saturated rings. The highest BCUT2D eigenvalue weighted by molar-refractivity contribution is 5.99. The van der Waals surface area contributed by atoms with E-state index in [2.05, 4.69) is 4.98 Å². The number of hydrogen-bond donors (Lipinski definition) is 1. The Labute approximate surface area is 148 Å². The lowest BCUT2D eigenvalue weighted by atomic mass is 9.79. The van der Waals surface area contributed by atoms with Crippen LogP contribution in [-0.4, -0.2) is 47.2 Å². The van der Waals surface area contributed by atoms with Crippen LogP contribution in [0.3, 0.4) is 0 Å². The van der Waals surface area contributed by atoms with E-state index in [0.717, 1.165) is 16.7 Å². The van der Waals surface area contributed by atoms with Crippen molar-refractivity contribution in [3.63, 3.8) is 0 Å². The van der Waals surface area contributed by atoms with Crippen LogP contribution in [0.5, 0.6) is 5.75 Å². The van der Waals surface area contributed by atoms with Crippen molar-refractivity contribution < 1.29 is 22.7 Å². The molecule has 0 aromatic carbocycles. The van der Waals surface area contributed by atoms with Gasteiger partial charge in [-0.15, -0.1) is 0 Å². The number of ether oxygens (including phenoxy) is 1. The van der Waals surface area contributed by atoms with Gasteiger partial charge in [-0.2, -0.15) is 13.2 Å². The first kappa shape index (κ1) is 17.1. The van der Waals surface area contributed by atoms with E-state index < -0.39 is 24.2 Å². The third-order valence-corrected chi connectivity index (χ3v) is 5.30. The average molecular weight is 365 g/mol. The molecule has 2 N–H and O–H groups in total. The summed E-state index contributed by atoms with van der Waals surface area (Å²) < 4.78 is 44.3. The van der Waals surface area contributed by atoms with E-state index in [0.29, 0.717) is 30.6 Å². The molecule has 1 aliphatic carbocycles. The monoisotopic (exact) mass is 365 g/mol. The van der Waals surface area contributed by atoms with Crippen molar-refractivity contribution in [1.82, 2.24) is 9.88 Å². The number of carbonyl (C=O) groups excluding carboxylic acids is 1. The van der Waals surface area contributed by atoms with Crippen LogP contribution in [0.4, 0.5) is 13.2 Å². The highest BCUT2D eigenvalue weighted by Gasteiger charge is 2.47. The second kappa shape index (κ2) is 5.84. The fraction of sp³-hybridized carbons (Fsp3) is 0.444. The predicted octanol–water partition coefficient (Wildman–Crippen LogP) is 2.44. The maximum atomic E-state index is 12.7. The smallest absolute Gasteiger partial charge is 0.401 e. The Morgan fingerprint density at radius 2 is 2.08 bits per heavy atom. The average Bonchev–Trinajstić information content (AvgIpc) is 3.03. The molecule has 5 nitrogen and oxygen atoms in total. The Hall–Kier alpha value is -2.35. The fourth-order valence-corrected chi connectivity index (χ4v) is 4.08. The number of allylic oxidation sites excluding steroid dienone is 1. The van der Waals surface area contributed by atoms with Crippen LogP contribution in [0, 0.1) is 0 Å². The van der Waals surface area contributed by atoms with Gasteiger partial charge < -0.3 is 10.5 Å². The van der Waals surface area contributed by atoms with Gasteiger partial charge >= 0.3 is 6.18 Å². The summed E-state index contributed by atoms with van der Waals surface area (Å²) in [5.41, 5.74) is 7.93. The lowest BCUT2D eigenvalue weighted by molar-refractivity contribution is -0.151. The van der Waals surface area contributed by atoms with Gasteiger partial charge in [0.15, 0.2) is 0 Å². The summed E-state index contributed by atoms with van der Waals surface area (Å²) in [6.07, 6.45) is 2.06. The highest BCUT2D eigenvalue weighted by atomic mass is 19.4. The van der Waals surface area contributed by atoms with E-state index in [1.807, 2.05) is 6.07 Å². The van der Waals surface area contributed by atoms with Gasteiger partial charge in [0.1, 0.15) is 11.4 Å². The predicted molar refractivity (Wildman–Crippen MR) is 88.1 cm³/mol. The van der Waals surface area contributed by atoms with Crippen LogP contribution in [0.1, 0.15) is 24.8 Å². The number of alkyl halides is 3. The molecule has 3 aliphatic rings. The first-order valence-electron chi connectivity index (χ1n) is 8.44. The Kier molecular flexibility index (Phi) is 3.83. The van der Waals surface area contributed by atoms with Crippen LogP contribution < -0.4 is 10.5 Å². The van der Waals surface area contributed by atoms with Crippen LogP contribution >= 0.6 is 0 Å². The molecule has 1 amide bonds. The minimum absolute atomic E-state index is 0.269. The molecule has 2 aliphatic heterocycles. The second-order valence-corrected chi connectivity index (χ2v) is 6.96. The lowest BCUT2D eigenvalue weighted by Crippen LogP contribution is -2.51. The van der Waals surface area contributed by atoms with Gasteiger partial charge in [-0.3, -0.25) is 14.7 Å². The normalized spacial score (nSPS) is 21.9. The summed E-state index contributed by atoms with van der Waals surface area (Å²) >= 11 is 0. The number of primary amides is 1. The molecular formula is C18H18F3N3O2. The van der Waals surface area contributed by atoms with Gasteiger partial charge in [0.2, 0.25) is 5.91 Å². The number of hydrogen-bond acceptors (Lipinski definition) is 4. The van der Waals surface area contributed by atoms with Gasteiger partial charge in [0, 0.05) is 55.3 Å². The molecule has 0 unspecified atom stereocenters. The number of fused-ring (bicyclic) bond motifs is 3. The number of halogens is 3. The van der Waals surface area contributed by atoms with Gasteiger partial charge in [0.05, 0.1) is 12.7 Å². The molecule has 26 heavy (non-hydrogen) atoms. The van der Waals surface area contributed by atoms with Crippen LogP contribution in [-0.2, 0) is 4.79 Å². The number of amides is 1. The van der Waals surface area contributed by atoms with E-state index in [9.17, 15) is 18.0 Å². The number of nitrogens with zero attached hydrogens (tertiary/aromatic N) is 2. The molecule has 1 saturated heterocycles. The summed E-state index contributed by atoms with van der Waals surface area (Å²) in [5, 5.41) is 0. The third kappa shape index (κ3) is 2.88. The van der Waals surface area contributed by atoms with E-state index in [1.165, 1.54) is 4.90 Å². The molecule has 0 atom stereocenters. The molecule has 0 radical (unpaired) electrons. The second-order valence-electron chi connectivity index (χ2n) is 6.96. The molecule has 8 heteroatoms. The molecule has 3 heterocycles. The van der Waals surface area contributed by atoms with Gasteiger partial charge in [-0.25, -0.2) is 0 Å². The number of likely N-dealkylation sites (tertiary alicyclic amines) is 1. The number of aromatic nitrogens is 1. The summed E-state index contributed by atoms with van der Waals surface area (Å²) in [7, 11) is 0. The van der Waals surface area contributed by atoms with Gasteiger partial charge in [0.25, 0.3) is 0 Å². The first-order chi connectivity index (χ1) is 12.3. The summed E-state index contributed by atoms with van der Waals surface area (Å²) in [5.74, 6) is 0.120. The largest absolute Gasteiger partial charge is 0.480 e. The maximum absolute atomic E-state index is 12.7. The zero-order valence-corrected chi connectivity index (χ0v) is 14.0. The van der Waals surface area contributed by atoms with E-state index in [4.69, 9.17) is 10.5 Å². The van der Waals surface area contributed by atoms with E-state index >= 15 is 0 Å². The molecule has 4 rings (SSSR count). The Bertz CT molecular complexity index is 821. The summed E-state index contributed by atoms with van der Waals surface area (Å²) in [4.78, 5) is 17.2. The molecule has 1 aromatic rings. The minimum atomic E-state index is -4.22. The molecule has 0 bridgehead atoms. The molecule has 1 spiro atoms. The van der Waals surface area contributed by atoms with Crippen molar-refractivity contribution in [1.29, 1.82) is 0 Å². The Morgan fingerprint density at radius 3 is 2.73 bits per heavy atom. The van der Waals surface area contributed by atoms with Crippen molar-refractivity contribution in [3.8, 4) is 5.75 Å². The molecule has 138 valence electrons.